The molecule has 2 rings (SSSR count). The molecule has 0 bridgehead atoms. The fourth-order valence-electron chi connectivity index (χ4n) is 1.32. The highest BCUT2D eigenvalue weighted by Gasteiger charge is 2.71. The summed E-state index contributed by atoms with van der Waals surface area (Å²) in [7, 11) is 0. The van der Waals surface area contributed by atoms with E-state index in [0.29, 0.717) is 0 Å². The van der Waals surface area contributed by atoms with Crippen molar-refractivity contribution in [3.05, 3.63) is 35.9 Å². The van der Waals surface area contributed by atoms with Crippen molar-refractivity contribution in [2.24, 2.45) is 0 Å². The summed E-state index contributed by atoms with van der Waals surface area (Å²) in [6.07, 6.45) is -4.64. The number of carbonyl (C=O) groups excluding carboxylic acids is 1. The van der Waals surface area contributed by atoms with Crippen LogP contribution in [-0.2, 0) is 4.74 Å². The normalized spacial score (nSPS) is 25.0. The average molecular weight is 216 g/mol. The van der Waals surface area contributed by atoms with Gasteiger partial charge in [-0.05, 0) is 0 Å². The van der Waals surface area contributed by atoms with E-state index < -0.39 is 24.2 Å². The van der Waals surface area contributed by atoms with Crippen LogP contribution in [0, 0.1) is 0 Å². The molecule has 1 aliphatic heterocycles. The molecule has 1 atom stereocenters. The van der Waals surface area contributed by atoms with Crippen LogP contribution < -0.4 is 0 Å². The van der Waals surface area contributed by atoms with Crippen LogP contribution in [0.4, 0.5) is 13.2 Å². The molecule has 0 saturated carbocycles. The number of ketones is 1. The van der Waals surface area contributed by atoms with Gasteiger partial charge in [-0.2, -0.15) is 13.2 Å². The first-order valence-corrected chi connectivity index (χ1v) is 4.28. The van der Waals surface area contributed by atoms with Gasteiger partial charge in [-0.3, -0.25) is 4.79 Å². The van der Waals surface area contributed by atoms with E-state index in [1.54, 1.807) is 6.07 Å². The Labute approximate surface area is 83.7 Å². The van der Waals surface area contributed by atoms with Gasteiger partial charge in [0.1, 0.15) is 0 Å². The molecule has 1 aromatic carbocycles. The van der Waals surface area contributed by atoms with Crippen LogP contribution in [0.3, 0.4) is 0 Å². The molecule has 0 amide bonds. The molecule has 1 heterocycles. The molecule has 1 saturated heterocycles. The van der Waals surface area contributed by atoms with Crippen molar-refractivity contribution in [2.45, 2.75) is 11.8 Å². The predicted molar refractivity (Wildman–Crippen MR) is 45.5 cm³/mol. The number of halogens is 3. The summed E-state index contributed by atoms with van der Waals surface area (Å²) in [5, 5.41) is 0. The molecule has 0 unspecified atom stereocenters. The highest BCUT2D eigenvalue weighted by molar-refractivity contribution is 6.04. The van der Waals surface area contributed by atoms with Gasteiger partial charge < -0.3 is 4.74 Å². The Hall–Kier alpha value is -1.36. The molecule has 0 aromatic heterocycles. The average Bonchev–Trinajstić information content (AvgIpc) is 2.98. The molecule has 1 fully saturated rings. The molecule has 1 aromatic rings. The van der Waals surface area contributed by atoms with Gasteiger partial charge in [0.05, 0.1) is 6.61 Å². The van der Waals surface area contributed by atoms with Gasteiger partial charge in [0.25, 0.3) is 0 Å². The number of carbonyl (C=O) groups is 1. The Morgan fingerprint density at radius 3 is 2.20 bits per heavy atom. The predicted octanol–water partition coefficient (Wildman–Crippen LogP) is 2.20. The van der Waals surface area contributed by atoms with Gasteiger partial charge >= 0.3 is 6.18 Å². The van der Waals surface area contributed by atoms with Crippen molar-refractivity contribution in [1.29, 1.82) is 0 Å². The first kappa shape index (κ1) is 10.2. The number of ether oxygens (including phenoxy) is 1. The van der Waals surface area contributed by atoms with Gasteiger partial charge in [0, 0.05) is 5.56 Å². The van der Waals surface area contributed by atoms with E-state index in [0.717, 1.165) is 0 Å². The Balaban J connectivity index is 2.31. The molecule has 15 heavy (non-hydrogen) atoms. The molecular weight excluding hydrogens is 209 g/mol. The van der Waals surface area contributed by atoms with Gasteiger partial charge in [-0.25, -0.2) is 0 Å². The molecule has 0 spiro atoms. The van der Waals surface area contributed by atoms with E-state index in [1.165, 1.54) is 24.3 Å². The quantitative estimate of drug-likeness (QED) is 0.560. The minimum absolute atomic E-state index is 0.0207. The molecule has 1 aliphatic rings. The first-order valence-electron chi connectivity index (χ1n) is 4.28. The number of alkyl halides is 3. The van der Waals surface area contributed by atoms with Crippen LogP contribution in [0.2, 0.25) is 0 Å². The fourth-order valence-corrected chi connectivity index (χ4v) is 1.32. The summed E-state index contributed by atoms with van der Waals surface area (Å²) in [5.74, 6) is -1.02. The Bertz CT molecular complexity index is 379. The van der Waals surface area contributed by atoms with Gasteiger partial charge in [-0.1, -0.05) is 30.3 Å². The maximum absolute atomic E-state index is 12.5. The zero-order chi connectivity index (χ0) is 11.1. The van der Waals surface area contributed by atoms with E-state index in [4.69, 9.17) is 0 Å². The van der Waals surface area contributed by atoms with Crippen molar-refractivity contribution >= 4 is 5.78 Å². The Kier molecular flexibility index (Phi) is 2.08. The maximum atomic E-state index is 12.5. The third-order valence-electron chi connectivity index (χ3n) is 2.29. The molecule has 80 valence electrons. The van der Waals surface area contributed by atoms with Crippen LogP contribution in [0.5, 0.6) is 0 Å². The molecule has 0 N–H and O–H groups in total. The number of benzene rings is 1. The van der Waals surface area contributed by atoms with E-state index in [-0.39, 0.29) is 5.56 Å². The topological polar surface area (TPSA) is 29.6 Å². The smallest absolute Gasteiger partial charge is 0.353 e. The second kappa shape index (κ2) is 3.06. The fraction of sp³-hybridized carbons (Fsp3) is 0.300. The largest absolute Gasteiger partial charge is 0.427 e. The molecule has 5 heteroatoms. The van der Waals surface area contributed by atoms with Crippen LogP contribution >= 0.6 is 0 Å². The van der Waals surface area contributed by atoms with Crippen molar-refractivity contribution in [2.75, 3.05) is 6.61 Å². The minimum Gasteiger partial charge on any atom is -0.353 e. The van der Waals surface area contributed by atoms with Crippen LogP contribution in [0.25, 0.3) is 0 Å². The summed E-state index contributed by atoms with van der Waals surface area (Å²) in [6.45, 7) is -0.579. The van der Waals surface area contributed by atoms with Crippen LogP contribution in [-0.4, -0.2) is 24.2 Å². The Morgan fingerprint density at radius 2 is 1.80 bits per heavy atom. The van der Waals surface area contributed by atoms with Crippen molar-refractivity contribution < 1.29 is 22.7 Å². The lowest BCUT2D eigenvalue weighted by molar-refractivity contribution is -0.168. The lowest BCUT2D eigenvalue weighted by Gasteiger charge is -2.14. The molecular formula is C10H7F3O2. The third-order valence-corrected chi connectivity index (χ3v) is 2.29. The molecule has 2 nitrogen and oxygen atoms in total. The first-order chi connectivity index (χ1) is 6.97. The highest BCUT2D eigenvalue weighted by atomic mass is 19.4. The summed E-state index contributed by atoms with van der Waals surface area (Å²) in [4.78, 5) is 11.5. The van der Waals surface area contributed by atoms with Gasteiger partial charge in [0.15, 0.2) is 0 Å². The third kappa shape index (κ3) is 1.52. The number of rotatable bonds is 2. The SMILES string of the molecule is O=C(c1ccccc1)[C@@]1(C(F)(F)F)CO1. The van der Waals surface area contributed by atoms with E-state index in [2.05, 4.69) is 4.74 Å². The number of hydrogen-bond donors (Lipinski definition) is 0. The van der Waals surface area contributed by atoms with Crippen molar-refractivity contribution in [3.8, 4) is 0 Å². The minimum atomic E-state index is -4.64. The van der Waals surface area contributed by atoms with Crippen molar-refractivity contribution in [3.63, 3.8) is 0 Å². The number of Topliss-reactive ketones (excluding diaryl/α,β-unsaturated/α-hetero) is 1. The zero-order valence-electron chi connectivity index (χ0n) is 7.54. The van der Waals surface area contributed by atoms with Gasteiger partial charge in [0.2, 0.25) is 11.4 Å². The maximum Gasteiger partial charge on any atom is 0.427 e. The zero-order valence-corrected chi connectivity index (χ0v) is 7.54. The van der Waals surface area contributed by atoms with Crippen LogP contribution in [0.15, 0.2) is 30.3 Å². The number of hydrogen-bond acceptors (Lipinski definition) is 2. The van der Waals surface area contributed by atoms with Crippen LogP contribution in [0.1, 0.15) is 10.4 Å². The highest BCUT2D eigenvalue weighted by Crippen LogP contribution is 2.45. The monoisotopic (exact) mass is 216 g/mol. The van der Waals surface area contributed by atoms with E-state index in [9.17, 15) is 18.0 Å². The summed E-state index contributed by atoms with van der Waals surface area (Å²) >= 11 is 0. The van der Waals surface area contributed by atoms with E-state index in [1.807, 2.05) is 0 Å². The summed E-state index contributed by atoms with van der Waals surface area (Å²) in [6, 6.07) is 7.35. The summed E-state index contributed by atoms with van der Waals surface area (Å²) < 4.78 is 41.8. The second-order valence-corrected chi connectivity index (χ2v) is 3.31. The lowest BCUT2D eigenvalue weighted by atomic mass is 9.98. The lowest BCUT2D eigenvalue weighted by Crippen LogP contribution is -2.40. The van der Waals surface area contributed by atoms with Gasteiger partial charge in [-0.15, -0.1) is 0 Å². The van der Waals surface area contributed by atoms with Crippen molar-refractivity contribution in [1.82, 2.24) is 0 Å². The number of epoxide rings is 1. The Morgan fingerprint density at radius 1 is 1.27 bits per heavy atom. The molecule has 0 aliphatic carbocycles. The van der Waals surface area contributed by atoms with E-state index >= 15 is 0 Å². The summed E-state index contributed by atoms with van der Waals surface area (Å²) in [5.41, 5.74) is -2.57. The standard InChI is InChI=1S/C10H7F3O2/c11-10(12,13)9(6-15-9)8(14)7-4-2-1-3-5-7/h1-5H,6H2/t9-/m1/s1. The molecule has 0 radical (unpaired) electrons. The second-order valence-electron chi connectivity index (χ2n) is 3.31.